The summed E-state index contributed by atoms with van der Waals surface area (Å²) < 4.78 is 35.9. The predicted octanol–water partition coefficient (Wildman–Crippen LogP) is 3.92. The molecule has 27 heavy (non-hydrogen) atoms. The molecule has 7 nitrogen and oxygen atoms in total. The highest BCUT2D eigenvalue weighted by atomic mass is 35.5. The number of carbonyl (C=O) groups excluding carboxylic acids is 1. The molecule has 10 heteroatoms. The molecule has 0 amide bonds. The minimum atomic E-state index is -2.79. The Bertz CT molecular complexity index is 833. The van der Waals surface area contributed by atoms with Gasteiger partial charge in [-0.05, 0) is 30.5 Å². The molecule has 1 aromatic heterocycles. The Morgan fingerprint density at radius 2 is 2.22 bits per heavy atom. The first-order valence-corrected chi connectivity index (χ1v) is 8.59. The Kier molecular flexibility index (Phi) is 6.02. The van der Waals surface area contributed by atoms with E-state index in [0.29, 0.717) is 34.9 Å². The zero-order chi connectivity index (χ0) is 19.4. The number of carbonyl (C=O) groups is 1. The molecule has 0 bridgehead atoms. The Hall–Kier alpha value is -2.52. The van der Waals surface area contributed by atoms with Gasteiger partial charge in [0.15, 0.2) is 12.4 Å². The van der Waals surface area contributed by atoms with Gasteiger partial charge in [0, 0.05) is 11.6 Å². The molecular formula is C17H17ClF2N4O3. The van der Waals surface area contributed by atoms with Crippen molar-refractivity contribution in [3.63, 3.8) is 0 Å². The van der Waals surface area contributed by atoms with Crippen molar-refractivity contribution in [2.45, 2.75) is 25.4 Å². The Morgan fingerprint density at radius 3 is 2.81 bits per heavy atom. The lowest BCUT2D eigenvalue weighted by Crippen LogP contribution is -2.19. The number of benzene rings is 1. The molecule has 1 saturated heterocycles. The van der Waals surface area contributed by atoms with Crippen molar-refractivity contribution in [1.82, 2.24) is 9.78 Å². The predicted molar refractivity (Wildman–Crippen MR) is 95.7 cm³/mol. The molecule has 2 heterocycles. The second-order valence-corrected chi connectivity index (χ2v) is 6.19. The number of halogens is 3. The second-order valence-electron chi connectivity index (χ2n) is 5.75. The lowest BCUT2D eigenvalue weighted by Gasteiger charge is -2.09. The van der Waals surface area contributed by atoms with Crippen LogP contribution in [0.2, 0.25) is 5.02 Å². The number of nitrogens with zero attached hydrogens (tertiary/aromatic N) is 3. The number of nitrogens with two attached hydrogens (primary N) is 1. The van der Waals surface area contributed by atoms with Gasteiger partial charge in [-0.25, -0.2) is 18.6 Å². The van der Waals surface area contributed by atoms with Crippen LogP contribution < -0.4 is 5.73 Å². The Labute approximate surface area is 158 Å². The third-order valence-electron chi connectivity index (χ3n) is 3.96. The maximum Gasteiger partial charge on any atom is 0.436 e. The molecule has 144 valence electrons. The van der Waals surface area contributed by atoms with Crippen molar-refractivity contribution in [1.29, 1.82) is 0 Å². The molecule has 0 spiro atoms. The third-order valence-corrected chi connectivity index (χ3v) is 4.21. The summed E-state index contributed by atoms with van der Waals surface area (Å²) in [5.41, 5.74) is 7.08. The highest BCUT2D eigenvalue weighted by Crippen LogP contribution is 2.41. The topological polar surface area (TPSA) is 91.7 Å². The Morgan fingerprint density at radius 1 is 1.48 bits per heavy atom. The average molecular weight is 399 g/mol. The van der Waals surface area contributed by atoms with Crippen LogP contribution in [0.15, 0.2) is 29.3 Å². The van der Waals surface area contributed by atoms with Crippen molar-refractivity contribution >= 4 is 29.9 Å². The first-order valence-electron chi connectivity index (χ1n) is 8.21. The summed E-state index contributed by atoms with van der Waals surface area (Å²) in [6.45, 7) is -0.487. The maximum absolute atomic E-state index is 12.4. The molecule has 2 N–H and O–H groups in total. The van der Waals surface area contributed by atoms with Crippen molar-refractivity contribution in [2.24, 2.45) is 10.7 Å². The number of alkyl halides is 2. The average Bonchev–Trinajstić information content (AvgIpc) is 3.29. The lowest BCUT2D eigenvalue weighted by molar-refractivity contribution is 0.0481. The number of aliphatic imine (C=N–C) groups is 1. The number of rotatable bonds is 5. The molecule has 1 aromatic carbocycles. The fourth-order valence-corrected chi connectivity index (χ4v) is 2.98. The normalized spacial score (nSPS) is 17.1. The van der Waals surface area contributed by atoms with E-state index in [1.165, 1.54) is 0 Å². The summed E-state index contributed by atoms with van der Waals surface area (Å²) in [5, 5.41) is 4.79. The van der Waals surface area contributed by atoms with Gasteiger partial charge in [-0.1, -0.05) is 23.7 Å². The van der Waals surface area contributed by atoms with Crippen LogP contribution in [0.5, 0.6) is 0 Å². The highest BCUT2D eigenvalue weighted by molar-refractivity contribution is 6.30. The van der Waals surface area contributed by atoms with Crippen LogP contribution in [-0.2, 0) is 9.47 Å². The monoisotopic (exact) mass is 398 g/mol. The number of hydrogen-bond acceptors (Lipinski definition) is 5. The van der Waals surface area contributed by atoms with Crippen LogP contribution in [0, 0.1) is 0 Å². The standard InChI is InChI=1S/C17H17ClF2N4O3/c18-11-5-3-10(4-6-11)14-15(12-2-1-7-26-12)23-24(16(14)22-9-21)17(25)27-8-13(19)20/h3-6,9,12-13H,1-2,7-8H2,(H2,21,22). The molecule has 1 atom stereocenters. The quantitative estimate of drug-likeness (QED) is 0.608. The van der Waals surface area contributed by atoms with Gasteiger partial charge >= 0.3 is 6.09 Å². The van der Waals surface area contributed by atoms with Crippen LogP contribution in [0.3, 0.4) is 0 Å². The van der Waals surface area contributed by atoms with Crippen molar-refractivity contribution < 1.29 is 23.0 Å². The van der Waals surface area contributed by atoms with Gasteiger partial charge in [-0.2, -0.15) is 5.10 Å². The zero-order valence-corrected chi connectivity index (χ0v) is 14.9. The van der Waals surface area contributed by atoms with E-state index < -0.39 is 19.1 Å². The van der Waals surface area contributed by atoms with Crippen LogP contribution in [0.1, 0.15) is 24.6 Å². The molecule has 2 aromatic rings. The van der Waals surface area contributed by atoms with E-state index in [0.717, 1.165) is 17.4 Å². The summed E-state index contributed by atoms with van der Waals surface area (Å²) >= 11 is 5.95. The third kappa shape index (κ3) is 4.25. The molecule has 0 aliphatic carbocycles. The molecular weight excluding hydrogens is 382 g/mol. The summed E-state index contributed by atoms with van der Waals surface area (Å²) in [5.74, 6) is 0.0737. The van der Waals surface area contributed by atoms with E-state index in [9.17, 15) is 13.6 Å². The van der Waals surface area contributed by atoms with Crippen LogP contribution >= 0.6 is 11.6 Å². The van der Waals surface area contributed by atoms with Crippen LogP contribution in [-0.4, -0.2) is 41.9 Å². The van der Waals surface area contributed by atoms with Gasteiger partial charge in [0.05, 0.1) is 11.9 Å². The van der Waals surface area contributed by atoms with Crippen molar-refractivity contribution in [3.05, 3.63) is 35.0 Å². The van der Waals surface area contributed by atoms with E-state index in [1.807, 2.05) is 0 Å². The van der Waals surface area contributed by atoms with Gasteiger partial charge in [0.25, 0.3) is 6.43 Å². The summed E-state index contributed by atoms with van der Waals surface area (Å²) in [7, 11) is 0. The maximum atomic E-state index is 12.4. The fraction of sp³-hybridized carbons (Fsp3) is 0.353. The van der Waals surface area contributed by atoms with E-state index in [4.69, 9.17) is 22.1 Å². The molecule has 0 saturated carbocycles. The summed E-state index contributed by atoms with van der Waals surface area (Å²) in [6, 6.07) is 6.83. The van der Waals surface area contributed by atoms with Gasteiger partial charge in [-0.3, -0.25) is 0 Å². The smallest absolute Gasteiger partial charge is 0.436 e. The lowest BCUT2D eigenvalue weighted by atomic mass is 10.0. The van der Waals surface area contributed by atoms with E-state index >= 15 is 0 Å². The highest BCUT2D eigenvalue weighted by Gasteiger charge is 2.31. The number of aromatic nitrogens is 2. The van der Waals surface area contributed by atoms with E-state index in [-0.39, 0.29) is 11.9 Å². The molecule has 1 fully saturated rings. The fourth-order valence-electron chi connectivity index (χ4n) is 2.85. The largest absolute Gasteiger partial charge is 0.442 e. The minimum Gasteiger partial charge on any atom is -0.442 e. The number of ether oxygens (including phenoxy) is 2. The second kappa shape index (κ2) is 8.45. The van der Waals surface area contributed by atoms with Crippen molar-refractivity contribution in [3.8, 4) is 11.1 Å². The van der Waals surface area contributed by atoms with Crippen LogP contribution in [0.25, 0.3) is 11.1 Å². The molecule has 0 radical (unpaired) electrons. The SMILES string of the molecule is N/C=N\c1c(-c2ccc(Cl)cc2)c(C2CCCO2)nn1C(=O)OCC(F)F. The molecule has 3 rings (SSSR count). The molecule has 1 unspecified atom stereocenters. The first kappa shape index (κ1) is 19.2. The molecule has 1 aliphatic heterocycles. The zero-order valence-electron chi connectivity index (χ0n) is 14.1. The van der Waals surface area contributed by atoms with E-state index in [1.54, 1.807) is 24.3 Å². The van der Waals surface area contributed by atoms with Crippen LogP contribution in [0.4, 0.5) is 19.4 Å². The van der Waals surface area contributed by atoms with Gasteiger partial charge in [0.2, 0.25) is 0 Å². The van der Waals surface area contributed by atoms with Gasteiger partial charge in [0.1, 0.15) is 11.8 Å². The Balaban J connectivity index is 2.12. The van der Waals surface area contributed by atoms with Gasteiger partial charge < -0.3 is 15.2 Å². The first-order chi connectivity index (χ1) is 13.0. The molecule has 1 aliphatic rings. The summed E-state index contributed by atoms with van der Waals surface area (Å²) in [4.78, 5) is 16.3. The summed E-state index contributed by atoms with van der Waals surface area (Å²) in [6.07, 6.45) is -1.69. The van der Waals surface area contributed by atoms with Gasteiger partial charge in [-0.15, -0.1) is 4.68 Å². The van der Waals surface area contributed by atoms with Crippen molar-refractivity contribution in [2.75, 3.05) is 13.2 Å². The number of hydrogen-bond donors (Lipinski definition) is 1. The van der Waals surface area contributed by atoms with E-state index in [2.05, 4.69) is 14.8 Å². The minimum absolute atomic E-state index is 0.0737.